The number of nitrogens with zero attached hydrogens (tertiary/aromatic N) is 1. The van der Waals surface area contributed by atoms with Gasteiger partial charge in [-0.3, -0.25) is 10.1 Å². The van der Waals surface area contributed by atoms with E-state index >= 15 is 0 Å². The Morgan fingerprint density at radius 3 is 3.29 bits per heavy atom. The molecule has 0 spiro atoms. The molecule has 92 valence electrons. The maximum absolute atomic E-state index is 11.8. The van der Waals surface area contributed by atoms with E-state index in [1.165, 1.54) is 4.88 Å². The van der Waals surface area contributed by atoms with E-state index in [1.54, 1.807) is 11.3 Å². The first-order valence-corrected chi connectivity index (χ1v) is 6.76. The van der Waals surface area contributed by atoms with Gasteiger partial charge >= 0.3 is 0 Å². The lowest BCUT2D eigenvalue weighted by Gasteiger charge is -2.09. The summed E-state index contributed by atoms with van der Waals surface area (Å²) in [6.45, 7) is 2.52. The summed E-state index contributed by atoms with van der Waals surface area (Å²) >= 11 is 1.56. The Hall–Kier alpha value is -0.980. The van der Waals surface area contributed by atoms with Gasteiger partial charge in [-0.1, -0.05) is 0 Å². The number of nitrogens with one attached hydrogen (secondary N) is 2. The quantitative estimate of drug-likeness (QED) is 0.822. The smallest absolute Gasteiger partial charge is 0.255 e. The summed E-state index contributed by atoms with van der Waals surface area (Å²) in [5, 5.41) is 6.86. The monoisotopic (exact) mass is 253 g/mol. The van der Waals surface area contributed by atoms with Gasteiger partial charge in [0.2, 0.25) is 0 Å². The SMILES string of the molecule is O=C(Nc1nc2c(s1)CNCC2)[C@H]1CCCO1. The van der Waals surface area contributed by atoms with Gasteiger partial charge in [-0.25, -0.2) is 4.98 Å². The molecule has 0 bridgehead atoms. The van der Waals surface area contributed by atoms with Crippen LogP contribution in [0.2, 0.25) is 0 Å². The highest BCUT2D eigenvalue weighted by Crippen LogP contribution is 2.26. The second-order valence-electron chi connectivity index (χ2n) is 4.31. The molecule has 0 aliphatic carbocycles. The number of fused-ring (bicyclic) bond motifs is 1. The lowest BCUT2D eigenvalue weighted by Crippen LogP contribution is -2.26. The predicted molar refractivity (Wildman–Crippen MR) is 65.1 cm³/mol. The Balaban J connectivity index is 1.68. The molecule has 1 aromatic heterocycles. The lowest BCUT2D eigenvalue weighted by atomic mass is 10.2. The molecule has 0 unspecified atom stereocenters. The van der Waals surface area contributed by atoms with Crippen LogP contribution in [0.1, 0.15) is 23.4 Å². The maximum atomic E-state index is 11.8. The molecule has 5 nitrogen and oxygen atoms in total. The summed E-state index contributed by atoms with van der Waals surface area (Å²) in [4.78, 5) is 17.5. The molecule has 2 aliphatic rings. The van der Waals surface area contributed by atoms with Gasteiger partial charge in [-0.2, -0.15) is 0 Å². The zero-order valence-corrected chi connectivity index (χ0v) is 10.3. The van der Waals surface area contributed by atoms with Crippen molar-refractivity contribution in [3.8, 4) is 0 Å². The molecule has 0 aromatic carbocycles. The lowest BCUT2D eigenvalue weighted by molar-refractivity contribution is -0.124. The normalized spacial score (nSPS) is 23.4. The highest BCUT2D eigenvalue weighted by molar-refractivity contribution is 7.15. The maximum Gasteiger partial charge on any atom is 0.255 e. The average Bonchev–Trinajstić information content (AvgIpc) is 2.97. The van der Waals surface area contributed by atoms with Crippen LogP contribution in [0.15, 0.2) is 0 Å². The van der Waals surface area contributed by atoms with Gasteiger partial charge < -0.3 is 10.1 Å². The molecular formula is C11H15N3O2S. The minimum Gasteiger partial charge on any atom is -0.368 e. The van der Waals surface area contributed by atoms with Gasteiger partial charge in [0.1, 0.15) is 6.10 Å². The van der Waals surface area contributed by atoms with Crippen LogP contribution in [-0.2, 0) is 22.5 Å². The number of ether oxygens (including phenoxy) is 1. The van der Waals surface area contributed by atoms with Gasteiger partial charge in [0.05, 0.1) is 5.69 Å². The standard InChI is InChI=1S/C11H15N3O2S/c15-10(8-2-1-5-16-8)14-11-13-7-3-4-12-6-9(7)17-11/h8,12H,1-6H2,(H,13,14,15)/t8-/m1/s1. The van der Waals surface area contributed by atoms with Gasteiger partial charge in [0.15, 0.2) is 5.13 Å². The first-order valence-electron chi connectivity index (χ1n) is 5.95. The van der Waals surface area contributed by atoms with Crippen molar-refractivity contribution in [1.82, 2.24) is 10.3 Å². The van der Waals surface area contributed by atoms with Gasteiger partial charge in [-0.05, 0) is 12.8 Å². The van der Waals surface area contributed by atoms with Crippen LogP contribution in [0.3, 0.4) is 0 Å². The van der Waals surface area contributed by atoms with Crippen molar-refractivity contribution in [2.45, 2.75) is 31.9 Å². The third kappa shape index (κ3) is 2.34. The van der Waals surface area contributed by atoms with E-state index in [0.29, 0.717) is 11.7 Å². The van der Waals surface area contributed by atoms with Crippen molar-refractivity contribution in [2.24, 2.45) is 0 Å². The molecule has 17 heavy (non-hydrogen) atoms. The molecule has 6 heteroatoms. The van der Waals surface area contributed by atoms with Crippen LogP contribution >= 0.6 is 11.3 Å². The number of amides is 1. The van der Waals surface area contributed by atoms with Crippen LogP contribution in [0, 0.1) is 0 Å². The van der Waals surface area contributed by atoms with Crippen LogP contribution in [0.4, 0.5) is 5.13 Å². The van der Waals surface area contributed by atoms with Crippen molar-refractivity contribution in [2.75, 3.05) is 18.5 Å². The minimum absolute atomic E-state index is 0.0541. The van der Waals surface area contributed by atoms with E-state index in [2.05, 4.69) is 15.6 Å². The van der Waals surface area contributed by atoms with E-state index in [-0.39, 0.29) is 12.0 Å². The molecule has 0 saturated carbocycles. The van der Waals surface area contributed by atoms with Crippen LogP contribution < -0.4 is 10.6 Å². The molecule has 1 aromatic rings. The Morgan fingerprint density at radius 2 is 2.53 bits per heavy atom. The fourth-order valence-electron chi connectivity index (χ4n) is 2.15. The zero-order chi connectivity index (χ0) is 11.7. The van der Waals surface area contributed by atoms with Crippen molar-refractivity contribution >= 4 is 22.4 Å². The number of hydrogen-bond donors (Lipinski definition) is 2. The summed E-state index contributed by atoms with van der Waals surface area (Å²) in [5.74, 6) is -0.0541. The first kappa shape index (κ1) is 11.1. The Labute approximate surface area is 104 Å². The summed E-state index contributed by atoms with van der Waals surface area (Å²) in [5.41, 5.74) is 1.12. The molecule has 0 radical (unpaired) electrons. The molecule has 2 aliphatic heterocycles. The van der Waals surface area contributed by atoms with Crippen LogP contribution in [-0.4, -0.2) is 30.1 Å². The summed E-state index contributed by atoms with van der Waals surface area (Å²) < 4.78 is 5.34. The average molecular weight is 253 g/mol. The van der Waals surface area contributed by atoms with Crippen molar-refractivity contribution in [1.29, 1.82) is 0 Å². The summed E-state index contributed by atoms with van der Waals surface area (Å²) in [6, 6.07) is 0. The molecule has 2 N–H and O–H groups in total. The molecule has 1 amide bonds. The molecule has 1 saturated heterocycles. The van der Waals surface area contributed by atoms with E-state index in [0.717, 1.165) is 38.0 Å². The predicted octanol–water partition coefficient (Wildman–Crippen LogP) is 0.906. The van der Waals surface area contributed by atoms with Gasteiger partial charge in [-0.15, -0.1) is 11.3 Å². The first-order chi connectivity index (χ1) is 8.33. The van der Waals surface area contributed by atoms with E-state index in [9.17, 15) is 4.79 Å². The zero-order valence-electron chi connectivity index (χ0n) is 9.49. The molecule has 3 heterocycles. The Kier molecular flexibility index (Phi) is 3.09. The number of thiazole rings is 1. The fraction of sp³-hybridized carbons (Fsp3) is 0.636. The van der Waals surface area contributed by atoms with Crippen LogP contribution in [0.5, 0.6) is 0 Å². The second kappa shape index (κ2) is 4.72. The van der Waals surface area contributed by atoms with E-state index < -0.39 is 0 Å². The van der Waals surface area contributed by atoms with Gasteiger partial charge in [0, 0.05) is 31.0 Å². The van der Waals surface area contributed by atoms with Crippen molar-refractivity contribution in [3.63, 3.8) is 0 Å². The number of anilines is 1. The third-order valence-corrected chi connectivity index (χ3v) is 4.07. The van der Waals surface area contributed by atoms with E-state index in [4.69, 9.17) is 4.74 Å². The third-order valence-electron chi connectivity index (χ3n) is 3.05. The molecule has 1 fully saturated rings. The number of carbonyl (C=O) groups excluding carboxylic acids is 1. The van der Waals surface area contributed by atoms with Crippen LogP contribution in [0.25, 0.3) is 0 Å². The molecule has 1 atom stereocenters. The Morgan fingerprint density at radius 1 is 1.59 bits per heavy atom. The minimum atomic E-state index is -0.283. The van der Waals surface area contributed by atoms with Gasteiger partial charge in [0.25, 0.3) is 5.91 Å². The second-order valence-corrected chi connectivity index (χ2v) is 5.39. The number of aromatic nitrogens is 1. The Bertz CT molecular complexity index is 403. The van der Waals surface area contributed by atoms with Crippen molar-refractivity contribution < 1.29 is 9.53 Å². The number of hydrogen-bond acceptors (Lipinski definition) is 5. The van der Waals surface area contributed by atoms with Crippen molar-refractivity contribution in [3.05, 3.63) is 10.6 Å². The summed E-state index contributed by atoms with van der Waals surface area (Å²) in [6.07, 6.45) is 2.45. The topological polar surface area (TPSA) is 63.2 Å². The fourth-order valence-corrected chi connectivity index (χ4v) is 3.13. The van der Waals surface area contributed by atoms with E-state index in [1.807, 2.05) is 0 Å². The number of rotatable bonds is 2. The largest absolute Gasteiger partial charge is 0.368 e. The highest BCUT2D eigenvalue weighted by atomic mass is 32.1. The number of carbonyl (C=O) groups is 1. The molecule has 3 rings (SSSR count). The summed E-state index contributed by atoms with van der Waals surface area (Å²) in [7, 11) is 0. The molecular weight excluding hydrogens is 238 g/mol. The highest BCUT2D eigenvalue weighted by Gasteiger charge is 2.25.